The average Bonchev–Trinajstić information content (AvgIpc) is 2.65. The average molecular weight is 182 g/mol. The molecule has 1 nitrogen and oxygen atoms in total. The van der Waals surface area contributed by atoms with Gasteiger partial charge in [0, 0.05) is 0 Å². The van der Waals surface area contributed by atoms with Crippen LogP contribution in [0.15, 0.2) is 0 Å². The second kappa shape index (κ2) is 3.61. The summed E-state index contributed by atoms with van der Waals surface area (Å²) in [5.74, 6) is 1.39. The molecule has 0 aromatic rings. The molecule has 2 atom stereocenters. The number of hydrogen-bond acceptors (Lipinski definition) is 1. The van der Waals surface area contributed by atoms with Gasteiger partial charge in [-0.15, -0.1) is 0 Å². The molecule has 0 bridgehead atoms. The van der Waals surface area contributed by atoms with E-state index in [1.54, 1.807) is 0 Å². The normalized spacial score (nSPS) is 41.5. The summed E-state index contributed by atoms with van der Waals surface area (Å²) < 4.78 is 0. The second-order valence-electron chi connectivity index (χ2n) is 5.25. The van der Waals surface area contributed by atoms with Gasteiger partial charge in [0.2, 0.25) is 0 Å². The molecule has 2 unspecified atom stereocenters. The first-order valence-electron chi connectivity index (χ1n) is 5.93. The Labute approximate surface area is 81.5 Å². The van der Waals surface area contributed by atoms with Crippen LogP contribution in [0.3, 0.4) is 0 Å². The Morgan fingerprint density at radius 1 is 1.15 bits per heavy atom. The fourth-order valence-electron chi connectivity index (χ4n) is 3.25. The van der Waals surface area contributed by atoms with Crippen molar-refractivity contribution in [1.82, 2.24) is 0 Å². The van der Waals surface area contributed by atoms with Crippen LogP contribution >= 0.6 is 0 Å². The van der Waals surface area contributed by atoms with E-state index in [2.05, 4.69) is 6.92 Å². The zero-order valence-corrected chi connectivity index (χ0v) is 8.76. The van der Waals surface area contributed by atoms with Gasteiger partial charge in [0.1, 0.15) is 0 Å². The Morgan fingerprint density at radius 2 is 1.85 bits per heavy atom. The van der Waals surface area contributed by atoms with Gasteiger partial charge in [0.05, 0.1) is 5.60 Å². The lowest BCUT2D eigenvalue weighted by molar-refractivity contribution is -0.0128. The lowest BCUT2D eigenvalue weighted by Gasteiger charge is -2.30. The second-order valence-corrected chi connectivity index (χ2v) is 5.25. The molecule has 76 valence electrons. The van der Waals surface area contributed by atoms with Crippen LogP contribution in [0.2, 0.25) is 0 Å². The molecular formula is C12H22O. The Kier molecular flexibility index (Phi) is 2.64. The monoisotopic (exact) mass is 182 g/mol. The van der Waals surface area contributed by atoms with Crippen LogP contribution < -0.4 is 0 Å². The van der Waals surface area contributed by atoms with E-state index in [9.17, 15) is 5.11 Å². The Morgan fingerprint density at radius 3 is 2.38 bits per heavy atom. The minimum absolute atomic E-state index is 0.283. The van der Waals surface area contributed by atoms with Crippen molar-refractivity contribution in [3.05, 3.63) is 0 Å². The molecule has 0 spiro atoms. The van der Waals surface area contributed by atoms with Crippen molar-refractivity contribution in [3.63, 3.8) is 0 Å². The van der Waals surface area contributed by atoms with E-state index >= 15 is 0 Å². The van der Waals surface area contributed by atoms with Crippen molar-refractivity contribution in [2.45, 2.75) is 63.9 Å². The molecule has 0 aromatic heterocycles. The largest absolute Gasteiger partial charge is 0.390 e. The summed E-state index contributed by atoms with van der Waals surface area (Å²) >= 11 is 0. The summed E-state index contributed by atoms with van der Waals surface area (Å²) in [6.45, 7) is 2.22. The fourth-order valence-corrected chi connectivity index (χ4v) is 3.25. The molecule has 2 fully saturated rings. The molecule has 0 aliphatic heterocycles. The van der Waals surface area contributed by atoms with Crippen LogP contribution in [0.5, 0.6) is 0 Å². The molecule has 2 rings (SSSR count). The van der Waals surface area contributed by atoms with Crippen molar-refractivity contribution in [2.24, 2.45) is 11.8 Å². The van der Waals surface area contributed by atoms with Gasteiger partial charge in [0.25, 0.3) is 0 Å². The van der Waals surface area contributed by atoms with E-state index in [0.29, 0.717) is 5.92 Å². The van der Waals surface area contributed by atoms with Crippen LogP contribution in [0, 0.1) is 11.8 Å². The molecular weight excluding hydrogens is 160 g/mol. The van der Waals surface area contributed by atoms with E-state index in [1.165, 1.54) is 38.5 Å². The Balaban J connectivity index is 1.91. The SMILES string of the molecule is CC1CCCC1(O)CC1CCCC1. The third-order valence-corrected chi connectivity index (χ3v) is 4.28. The highest BCUT2D eigenvalue weighted by atomic mass is 16.3. The van der Waals surface area contributed by atoms with Crippen molar-refractivity contribution < 1.29 is 5.11 Å². The lowest BCUT2D eigenvalue weighted by atomic mass is 9.83. The lowest BCUT2D eigenvalue weighted by Crippen LogP contribution is -2.33. The Bertz CT molecular complexity index is 172. The smallest absolute Gasteiger partial charge is 0.0675 e. The highest BCUT2D eigenvalue weighted by Crippen LogP contribution is 2.43. The molecule has 1 heteroatoms. The quantitative estimate of drug-likeness (QED) is 0.695. The van der Waals surface area contributed by atoms with Crippen LogP contribution in [0.4, 0.5) is 0 Å². The molecule has 0 heterocycles. The van der Waals surface area contributed by atoms with Crippen LogP contribution in [-0.4, -0.2) is 10.7 Å². The first kappa shape index (κ1) is 9.51. The topological polar surface area (TPSA) is 20.2 Å². The van der Waals surface area contributed by atoms with Gasteiger partial charge in [-0.05, 0) is 31.1 Å². The van der Waals surface area contributed by atoms with Crippen LogP contribution in [0.25, 0.3) is 0 Å². The highest BCUT2D eigenvalue weighted by Gasteiger charge is 2.40. The van der Waals surface area contributed by atoms with Crippen LogP contribution in [-0.2, 0) is 0 Å². The molecule has 1 N–H and O–H groups in total. The third-order valence-electron chi connectivity index (χ3n) is 4.28. The first-order chi connectivity index (χ1) is 6.21. The molecule has 0 aromatic carbocycles. The summed E-state index contributed by atoms with van der Waals surface area (Å²) in [6.07, 6.45) is 10.2. The molecule has 2 aliphatic carbocycles. The summed E-state index contributed by atoms with van der Waals surface area (Å²) in [4.78, 5) is 0. The van der Waals surface area contributed by atoms with Gasteiger partial charge in [-0.25, -0.2) is 0 Å². The van der Waals surface area contributed by atoms with E-state index in [0.717, 1.165) is 18.8 Å². The summed E-state index contributed by atoms with van der Waals surface area (Å²) in [7, 11) is 0. The van der Waals surface area contributed by atoms with E-state index in [1.807, 2.05) is 0 Å². The number of rotatable bonds is 2. The minimum atomic E-state index is -0.283. The van der Waals surface area contributed by atoms with E-state index in [4.69, 9.17) is 0 Å². The fraction of sp³-hybridized carbons (Fsp3) is 1.00. The van der Waals surface area contributed by atoms with Gasteiger partial charge in [-0.1, -0.05) is 39.0 Å². The maximum absolute atomic E-state index is 10.4. The van der Waals surface area contributed by atoms with Crippen LogP contribution in [0.1, 0.15) is 58.3 Å². The van der Waals surface area contributed by atoms with Crippen molar-refractivity contribution in [1.29, 1.82) is 0 Å². The maximum atomic E-state index is 10.4. The van der Waals surface area contributed by atoms with Crippen molar-refractivity contribution >= 4 is 0 Å². The highest BCUT2D eigenvalue weighted by molar-refractivity contribution is 4.92. The minimum Gasteiger partial charge on any atom is -0.390 e. The molecule has 0 amide bonds. The molecule has 2 saturated carbocycles. The van der Waals surface area contributed by atoms with Gasteiger partial charge < -0.3 is 5.11 Å². The summed E-state index contributed by atoms with van der Waals surface area (Å²) in [5, 5.41) is 10.4. The first-order valence-corrected chi connectivity index (χ1v) is 5.93. The van der Waals surface area contributed by atoms with E-state index < -0.39 is 0 Å². The molecule has 0 saturated heterocycles. The summed E-state index contributed by atoms with van der Waals surface area (Å²) in [5.41, 5.74) is -0.283. The summed E-state index contributed by atoms with van der Waals surface area (Å²) in [6, 6.07) is 0. The zero-order chi connectivity index (χ0) is 9.31. The van der Waals surface area contributed by atoms with Gasteiger partial charge >= 0.3 is 0 Å². The number of aliphatic hydroxyl groups is 1. The third kappa shape index (κ3) is 1.90. The molecule has 13 heavy (non-hydrogen) atoms. The van der Waals surface area contributed by atoms with Crippen molar-refractivity contribution in [2.75, 3.05) is 0 Å². The Hall–Kier alpha value is -0.0400. The predicted molar refractivity (Wildman–Crippen MR) is 54.5 cm³/mol. The molecule has 2 aliphatic rings. The zero-order valence-electron chi connectivity index (χ0n) is 8.76. The van der Waals surface area contributed by atoms with Gasteiger partial charge in [-0.3, -0.25) is 0 Å². The van der Waals surface area contributed by atoms with Crippen molar-refractivity contribution in [3.8, 4) is 0 Å². The molecule has 0 radical (unpaired) electrons. The van der Waals surface area contributed by atoms with E-state index in [-0.39, 0.29) is 5.60 Å². The predicted octanol–water partition coefficient (Wildman–Crippen LogP) is 3.12. The number of hydrogen-bond donors (Lipinski definition) is 1. The van der Waals surface area contributed by atoms with Gasteiger partial charge in [0.15, 0.2) is 0 Å². The maximum Gasteiger partial charge on any atom is 0.0675 e. The van der Waals surface area contributed by atoms with Gasteiger partial charge in [-0.2, -0.15) is 0 Å². The standard InChI is InChI=1S/C12H22O/c1-10-5-4-8-12(10,13)9-11-6-2-3-7-11/h10-11,13H,2-9H2,1H3.